The van der Waals surface area contributed by atoms with Crippen LogP contribution in [0.4, 0.5) is 0 Å². The van der Waals surface area contributed by atoms with Crippen molar-refractivity contribution in [2.45, 2.75) is 63.2 Å². The smallest absolute Gasteiger partial charge is 0.154 e. The first-order valence-corrected chi connectivity index (χ1v) is 8.18. The summed E-state index contributed by atoms with van der Waals surface area (Å²) in [6.07, 6.45) is 4.15. The summed E-state index contributed by atoms with van der Waals surface area (Å²) in [5, 5.41) is 21.6. The zero-order valence-electron chi connectivity index (χ0n) is 12.2. The molecule has 2 saturated heterocycles. The van der Waals surface area contributed by atoms with Crippen LogP contribution in [0.2, 0.25) is 0 Å². The molecule has 4 aliphatic rings. The zero-order chi connectivity index (χ0) is 14.1. The summed E-state index contributed by atoms with van der Waals surface area (Å²) in [6.45, 7) is 3.97. The molecule has 2 heterocycles. The molecule has 0 aromatic rings. The van der Waals surface area contributed by atoms with E-state index >= 15 is 0 Å². The average molecular weight is 279 g/mol. The van der Waals surface area contributed by atoms with E-state index in [0.717, 1.165) is 38.8 Å². The van der Waals surface area contributed by atoms with Crippen molar-refractivity contribution in [3.8, 4) is 0 Å². The van der Waals surface area contributed by atoms with Crippen LogP contribution in [0.15, 0.2) is 0 Å². The van der Waals surface area contributed by atoms with E-state index in [1.54, 1.807) is 0 Å². The van der Waals surface area contributed by atoms with E-state index in [0.29, 0.717) is 18.6 Å². The van der Waals surface area contributed by atoms with Crippen molar-refractivity contribution >= 4 is 5.78 Å². The lowest BCUT2D eigenvalue weighted by atomic mass is 9.52. The third kappa shape index (κ3) is 1.23. The molecule has 2 aliphatic carbocycles. The highest BCUT2D eigenvalue weighted by Crippen LogP contribution is 2.65. The fraction of sp³-hybridized carbons (Fsp3) is 0.938. The van der Waals surface area contributed by atoms with Crippen LogP contribution in [0.25, 0.3) is 0 Å². The molecule has 4 fully saturated rings. The van der Waals surface area contributed by atoms with Gasteiger partial charge in [-0.3, -0.25) is 9.69 Å². The molecule has 0 bridgehead atoms. The number of nitrogens with zero attached hydrogens (tertiary/aromatic N) is 1. The van der Waals surface area contributed by atoms with Gasteiger partial charge in [0.15, 0.2) is 5.78 Å². The number of aliphatic hydroxyl groups excluding tert-OH is 2. The Morgan fingerprint density at radius 1 is 1.20 bits per heavy atom. The van der Waals surface area contributed by atoms with Gasteiger partial charge >= 0.3 is 0 Å². The highest BCUT2D eigenvalue weighted by atomic mass is 16.3. The van der Waals surface area contributed by atoms with Crippen LogP contribution in [-0.2, 0) is 4.79 Å². The lowest BCUT2D eigenvalue weighted by Crippen LogP contribution is -2.69. The lowest BCUT2D eigenvalue weighted by Gasteiger charge is -2.59. The van der Waals surface area contributed by atoms with Crippen molar-refractivity contribution in [3.63, 3.8) is 0 Å². The van der Waals surface area contributed by atoms with E-state index in [1.807, 2.05) is 6.92 Å². The van der Waals surface area contributed by atoms with Crippen LogP contribution >= 0.6 is 0 Å². The number of carbonyl (C=O) groups is 1. The molecule has 2 saturated carbocycles. The van der Waals surface area contributed by atoms with Gasteiger partial charge in [-0.25, -0.2) is 0 Å². The third-order valence-electron chi connectivity index (χ3n) is 7.01. The molecule has 4 heteroatoms. The maximum absolute atomic E-state index is 12.9. The average Bonchev–Trinajstić information content (AvgIpc) is 2.96. The molecule has 2 spiro atoms. The first kappa shape index (κ1) is 13.2. The van der Waals surface area contributed by atoms with Crippen LogP contribution in [0, 0.1) is 17.3 Å². The van der Waals surface area contributed by atoms with E-state index in [1.165, 1.54) is 0 Å². The summed E-state index contributed by atoms with van der Waals surface area (Å²) in [7, 11) is 0. The van der Waals surface area contributed by atoms with Crippen LogP contribution < -0.4 is 0 Å². The Hall–Kier alpha value is -0.450. The first-order valence-electron chi connectivity index (χ1n) is 8.18. The van der Waals surface area contributed by atoms with Crippen molar-refractivity contribution in [3.05, 3.63) is 0 Å². The topological polar surface area (TPSA) is 60.8 Å². The number of hydrogen-bond donors (Lipinski definition) is 2. The minimum Gasteiger partial charge on any atom is -0.393 e. The maximum atomic E-state index is 12.9. The van der Waals surface area contributed by atoms with Crippen LogP contribution in [0.1, 0.15) is 45.4 Å². The Kier molecular flexibility index (Phi) is 2.68. The second-order valence-corrected chi connectivity index (χ2v) is 7.55. The predicted octanol–water partition coefficient (Wildman–Crippen LogP) is 0.952. The number of ketones is 1. The molecule has 20 heavy (non-hydrogen) atoms. The van der Waals surface area contributed by atoms with Crippen molar-refractivity contribution < 1.29 is 15.0 Å². The van der Waals surface area contributed by atoms with E-state index in [-0.39, 0.29) is 17.3 Å². The number of hydrogen-bond acceptors (Lipinski definition) is 4. The molecule has 0 aromatic heterocycles. The SMILES string of the molecule is C[C@@H]1C[C@@H](O)[C@@]23CCCN4CCC[C@]42C(=O)C[C@H]3[C@H]1O. The summed E-state index contributed by atoms with van der Waals surface area (Å²) in [4.78, 5) is 15.3. The summed E-state index contributed by atoms with van der Waals surface area (Å²) in [5.41, 5.74) is -0.818. The molecule has 2 aliphatic heterocycles. The van der Waals surface area contributed by atoms with Gasteiger partial charge in [-0.15, -0.1) is 0 Å². The molecular weight excluding hydrogens is 254 g/mol. The van der Waals surface area contributed by atoms with Gasteiger partial charge in [0.25, 0.3) is 0 Å². The number of piperidine rings is 1. The van der Waals surface area contributed by atoms with Crippen LogP contribution in [0.5, 0.6) is 0 Å². The van der Waals surface area contributed by atoms with Gasteiger partial charge in [-0.2, -0.15) is 0 Å². The summed E-state index contributed by atoms with van der Waals surface area (Å²) in [6, 6.07) is 0. The molecule has 6 atom stereocenters. The van der Waals surface area contributed by atoms with E-state index in [2.05, 4.69) is 4.90 Å². The second kappa shape index (κ2) is 4.05. The number of Topliss-reactive ketones (excluding diaryl/α,β-unsaturated/α-hetero) is 1. The van der Waals surface area contributed by atoms with Gasteiger partial charge in [-0.05, 0) is 51.1 Å². The zero-order valence-corrected chi connectivity index (χ0v) is 12.2. The Bertz CT molecular complexity index is 453. The predicted molar refractivity (Wildman–Crippen MR) is 74.1 cm³/mol. The minimum atomic E-state index is -0.448. The minimum absolute atomic E-state index is 0.0327. The summed E-state index contributed by atoms with van der Waals surface area (Å²) >= 11 is 0. The third-order valence-corrected chi connectivity index (χ3v) is 7.01. The largest absolute Gasteiger partial charge is 0.393 e. The molecule has 4 nitrogen and oxygen atoms in total. The Labute approximate surface area is 120 Å². The fourth-order valence-corrected chi connectivity index (χ4v) is 6.31. The number of rotatable bonds is 0. The van der Waals surface area contributed by atoms with Crippen molar-refractivity contribution in [1.29, 1.82) is 0 Å². The number of aliphatic hydroxyl groups is 2. The maximum Gasteiger partial charge on any atom is 0.154 e. The van der Waals surface area contributed by atoms with Gasteiger partial charge in [-0.1, -0.05) is 6.92 Å². The van der Waals surface area contributed by atoms with Gasteiger partial charge in [0.05, 0.1) is 17.7 Å². The standard InChI is InChI=1S/C16H25NO3/c1-10-8-12(18)15-4-2-6-17-7-3-5-16(15,17)13(19)9-11(15)14(10)20/h10-12,14,18,20H,2-9H2,1H3/t10-,11+,12-,14+,15+,16-/m1/s1. The van der Waals surface area contributed by atoms with E-state index < -0.39 is 17.7 Å². The monoisotopic (exact) mass is 279 g/mol. The molecule has 4 rings (SSSR count). The van der Waals surface area contributed by atoms with Crippen molar-refractivity contribution in [2.75, 3.05) is 13.1 Å². The van der Waals surface area contributed by atoms with Crippen LogP contribution in [-0.4, -0.2) is 51.7 Å². The summed E-state index contributed by atoms with van der Waals surface area (Å²) < 4.78 is 0. The Balaban J connectivity index is 1.88. The Morgan fingerprint density at radius 3 is 2.65 bits per heavy atom. The second-order valence-electron chi connectivity index (χ2n) is 7.55. The molecular formula is C16H25NO3. The highest BCUT2D eigenvalue weighted by Gasteiger charge is 2.74. The quantitative estimate of drug-likeness (QED) is 0.693. The van der Waals surface area contributed by atoms with Crippen LogP contribution in [0.3, 0.4) is 0 Å². The molecule has 0 radical (unpaired) electrons. The molecule has 0 unspecified atom stereocenters. The van der Waals surface area contributed by atoms with Gasteiger partial charge < -0.3 is 10.2 Å². The normalized spacial score (nSPS) is 55.5. The van der Waals surface area contributed by atoms with Gasteiger partial charge in [0.2, 0.25) is 0 Å². The number of carbonyl (C=O) groups excluding carboxylic acids is 1. The van der Waals surface area contributed by atoms with E-state index in [4.69, 9.17) is 0 Å². The molecule has 0 amide bonds. The summed E-state index contributed by atoms with van der Waals surface area (Å²) in [5.74, 6) is 0.363. The van der Waals surface area contributed by atoms with Gasteiger partial charge in [0, 0.05) is 17.8 Å². The van der Waals surface area contributed by atoms with Gasteiger partial charge in [0.1, 0.15) is 0 Å². The van der Waals surface area contributed by atoms with Crippen molar-refractivity contribution in [1.82, 2.24) is 4.90 Å². The molecule has 0 aromatic carbocycles. The Morgan fingerprint density at radius 2 is 1.90 bits per heavy atom. The first-order chi connectivity index (χ1) is 9.54. The van der Waals surface area contributed by atoms with E-state index in [9.17, 15) is 15.0 Å². The molecule has 112 valence electrons. The molecule has 2 N–H and O–H groups in total. The van der Waals surface area contributed by atoms with Crippen molar-refractivity contribution in [2.24, 2.45) is 17.3 Å². The lowest BCUT2D eigenvalue weighted by molar-refractivity contribution is -0.186. The highest BCUT2D eigenvalue weighted by molar-refractivity contribution is 5.93. The fourth-order valence-electron chi connectivity index (χ4n) is 6.31.